The van der Waals surface area contributed by atoms with E-state index in [9.17, 15) is 9.59 Å². The summed E-state index contributed by atoms with van der Waals surface area (Å²) in [7, 11) is 0. The maximum atomic E-state index is 11.7. The molecule has 0 unspecified atom stereocenters. The Morgan fingerprint density at radius 1 is 1.21 bits per heavy atom. The first-order chi connectivity index (χ1) is 8.79. The zero-order valence-electron chi connectivity index (χ0n) is 12.8. The molecule has 1 heterocycles. The van der Waals surface area contributed by atoms with Crippen molar-refractivity contribution in [3.05, 3.63) is 23.3 Å². The Morgan fingerprint density at radius 2 is 1.74 bits per heavy atom. The summed E-state index contributed by atoms with van der Waals surface area (Å²) in [6.07, 6.45) is 2.67. The quantitative estimate of drug-likeness (QED) is 0.783. The first-order valence-corrected chi connectivity index (χ1v) is 6.60. The SMILES string of the molecule is CCC(C)=O.Cc1ncnc(C(=O)CC(C)C)c1C. The number of hydrogen-bond acceptors (Lipinski definition) is 4. The van der Waals surface area contributed by atoms with Gasteiger partial charge in [0.05, 0.1) is 0 Å². The largest absolute Gasteiger partial charge is 0.300 e. The number of Topliss-reactive ketones (excluding diaryl/α,β-unsaturated/α-hetero) is 2. The maximum Gasteiger partial charge on any atom is 0.181 e. The van der Waals surface area contributed by atoms with Crippen LogP contribution in [-0.2, 0) is 4.79 Å². The molecular formula is C15H24N2O2. The molecule has 1 aromatic rings. The van der Waals surface area contributed by atoms with Gasteiger partial charge >= 0.3 is 0 Å². The topological polar surface area (TPSA) is 59.9 Å². The van der Waals surface area contributed by atoms with Crippen molar-refractivity contribution < 1.29 is 9.59 Å². The molecule has 0 fully saturated rings. The molecule has 0 spiro atoms. The van der Waals surface area contributed by atoms with Crippen LogP contribution < -0.4 is 0 Å². The number of carbonyl (C=O) groups is 2. The molecular weight excluding hydrogens is 240 g/mol. The predicted octanol–water partition coefficient (Wildman–Crippen LogP) is 3.31. The lowest BCUT2D eigenvalue weighted by molar-refractivity contribution is -0.116. The van der Waals surface area contributed by atoms with Crippen LogP contribution >= 0.6 is 0 Å². The van der Waals surface area contributed by atoms with E-state index in [2.05, 4.69) is 9.97 Å². The van der Waals surface area contributed by atoms with Gasteiger partial charge in [-0.2, -0.15) is 0 Å². The van der Waals surface area contributed by atoms with Crippen molar-refractivity contribution in [2.24, 2.45) is 5.92 Å². The van der Waals surface area contributed by atoms with Crippen LogP contribution in [0.4, 0.5) is 0 Å². The van der Waals surface area contributed by atoms with Crippen LogP contribution in [0.5, 0.6) is 0 Å². The van der Waals surface area contributed by atoms with E-state index in [0.717, 1.165) is 11.3 Å². The lowest BCUT2D eigenvalue weighted by atomic mass is 10.0. The molecule has 4 nitrogen and oxygen atoms in total. The molecule has 1 aromatic heterocycles. The van der Waals surface area contributed by atoms with Gasteiger partial charge in [0.25, 0.3) is 0 Å². The lowest BCUT2D eigenvalue weighted by Crippen LogP contribution is -2.09. The fraction of sp³-hybridized carbons (Fsp3) is 0.600. The normalized spacial score (nSPS) is 9.84. The minimum Gasteiger partial charge on any atom is -0.300 e. The summed E-state index contributed by atoms with van der Waals surface area (Å²) in [6.45, 7) is 11.3. The fourth-order valence-electron chi connectivity index (χ4n) is 1.29. The summed E-state index contributed by atoms with van der Waals surface area (Å²) in [4.78, 5) is 29.6. The number of nitrogens with zero attached hydrogens (tertiary/aromatic N) is 2. The van der Waals surface area contributed by atoms with Crippen LogP contribution in [0.15, 0.2) is 6.33 Å². The molecule has 0 aliphatic carbocycles. The summed E-state index contributed by atoms with van der Waals surface area (Å²) in [5.41, 5.74) is 2.36. The fourth-order valence-corrected chi connectivity index (χ4v) is 1.29. The molecule has 0 bridgehead atoms. The third kappa shape index (κ3) is 6.79. The van der Waals surface area contributed by atoms with Crippen LogP contribution in [0.1, 0.15) is 62.3 Å². The molecule has 19 heavy (non-hydrogen) atoms. The van der Waals surface area contributed by atoms with Crippen LogP contribution in [0.25, 0.3) is 0 Å². The van der Waals surface area contributed by atoms with E-state index in [1.807, 2.05) is 34.6 Å². The molecule has 0 aromatic carbocycles. The summed E-state index contributed by atoms with van der Waals surface area (Å²) < 4.78 is 0. The van der Waals surface area contributed by atoms with Gasteiger partial charge in [-0.05, 0) is 32.3 Å². The standard InChI is InChI=1S/C11H16N2O.C4H8O/c1-7(2)5-10(14)11-8(3)9(4)12-6-13-11;1-3-4(2)5/h6-7H,5H2,1-4H3;3H2,1-2H3. The van der Waals surface area contributed by atoms with E-state index in [1.165, 1.54) is 6.33 Å². The van der Waals surface area contributed by atoms with E-state index in [4.69, 9.17) is 0 Å². The second-order valence-electron chi connectivity index (χ2n) is 5.01. The molecule has 0 atom stereocenters. The van der Waals surface area contributed by atoms with Crippen molar-refractivity contribution in [2.45, 2.75) is 54.4 Å². The molecule has 0 saturated heterocycles. The molecule has 0 N–H and O–H groups in total. The minimum atomic E-state index is 0.114. The van der Waals surface area contributed by atoms with Gasteiger partial charge in [-0.25, -0.2) is 9.97 Å². The van der Waals surface area contributed by atoms with Crippen molar-refractivity contribution in [1.29, 1.82) is 0 Å². The second kappa shape index (κ2) is 8.51. The lowest BCUT2D eigenvalue weighted by Gasteiger charge is -2.06. The number of aryl methyl sites for hydroxylation is 1. The van der Waals surface area contributed by atoms with Gasteiger partial charge in [0.15, 0.2) is 5.78 Å². The predicted molar refractivity (Wildman–Crippen MR) is 76.3 cm³/mol. The van der Waals surface area contributed by atoms with Crippen molar-refractivity contribution >= 4 is 11.6 Å². The van der Waals surface area contributed by atoms with Crippen molar-refractivity contribution in [3.63, 3.8) is 0 Å². The summed E-state index contributed by atoms with van der Waals surface area (Å²) in [5.74, 6) is 0.741. The number of carbonyl (C=O) groups excluding carboxylic acids is 2. The number of aromatic nitrogens is 2. The average molecular weight is 264 g/mol. The Kier molecular flexibility index (Phi) is 7.80. The van der Waals surface area contributed by atoms with Gasteiger partial charge in [-0.3, -0.25) is 4.79 Å². The third-order valence-electron chi connectivity index (χ3n) is 2.69. The highest BCUT2D eigenvalue weighted by Gasteiger charge is 2.13. The summed E-state index contributed by atoms with van der Waals surface area (Å²) in [5, 5.41) is 0. The Labute approximate surface area is 115 Å². The highest BCUT2D eigenvalue weighted by Crippen LogP contribution is 2.12. The van der Waals surface area contributed by atoms with Crippen LogP contribution in [-0.4, -0.2) is 21.5 Å². The van der Waals surface area contributed by atoms with Gasteiger partial charge in [0, 0.05) is 18.5 Å². The van der Waals surface area contributed by atoms with E-state index in [-0.39, 0.29) is 11.6 Å². The molecule has 0 aliphatic heterocycles. The van der Waals surface area contributed by atoms with Gasteiger partial charge < -0.3 is 4.79 Å². The van der Waals surface area contributed by atoms with Gasteiger partial charge in [-0.1, -0.05) is 20.8 Å². The molecule has 0 aliphatic rings. The minimum absolute atomic E-state index is 0.114. The Bertz CT molecular complexity index is 440. The summed E-state index contributed by atoms with van der Waals surface area (Å²) >= 11 is 0. The Morgan fingerprint density at radius 3 is 2.16 bits per heavy atom. The Hall–Kier alpha value is -1.58. The van der Waals surface area contributed by atoms with Gasteiger partial charge in [0.1, 0.15) is 17.8 Å². The average Bonchev–Trinajstić information content (AvgIpc) is 2.32. The van der Waals surface area contributed by atoms with Crippen molar-refractivity contribution in [3.8, 4) is 0 Å². The van der Waals surface area contributed by atoms with Crippen molar-refractivity contribution in [1.82, 2.24) is 9.97 Å². The maximum absolute atomic E-state index is 11.7. The van der Waals surface area contributed by atoms with E-state index in [1.54, 1.807) is 6.92 Å². The van der Waals surface area contributed by atoms with Crippen LogP contribution in [0.3, 0.4) is 0 Å². The van der Waals surface area contributed by atoms with Crippen LogP contribution in [0, 0.1) is 19.8 Å². The second-order valence-corrected chi connectivity index (χ2v) is 5.01. The molecule has 106 valence electrons. The molecule has 0 saturated carbocycles. The smallest absolute Gasteiger partial charge is 0.181 e. The monoisotopic (exact) mass is 264 g/mol. The summed E-state index contributed by atoms with van der Waals surface area (Å²) in [6, 6.07) is 0. The first kappa shape index (κ1) is 17.4. The highest BCUT2D eigenvalue weighted by molar-refractivity contribution is 5.95. The van der Waals surface area contributed by atoms with Gasteiger partial charge in [0.2, 0.25) is 0 Å². The molecule has 1 rings (SSSR count). The zero-order chi connectivity index (χ0) is 15.0. The molecule has 4 heteroatoms. The zero-order valence-corrected chi connectivity index (χ0v) is 12.8. The number of ketones is 2. The van der Waals surface area contributed by atoms with E-state index >= 15 is 0 Å². The van der Waals surface area contributed by atoms with Crippen LogP contribution in [0.2, 0.25) is 0 Å². The van der Waals surface area contributed by atoms with E-state index < -0.39 is 0 Å². The number of hydrogen-bond donors (Lipinski definition) is 0. The third-order valence-corrected chi connectivity index (χ3v) is 2.69. The number of rotatable bonds is 4. The van der Waals surface area contributed by atoms with E-state index in [0.29, 0.717) is 24.5 Å². The van der Waals surface area contributed by atoms with Gasteiger partial charge in [-0.15, -0.1) is 0 Å². The Balaban J connectivity index is 0.000000555. The molecule has 0 amide bonds. The molecule has 0 radical (unpaired) electrons. The van der Waals surface area contributed by atoms with Crippen molar-refractivity contribution in [2.75, 3.05) is 0 Å². The first-order valence-electron chi connectivity index (χ1n) is 6.60. The highest BCUT2D eigenvalue weighted by atomic mass is 16.1.